The first kappa shape index (κ1) is 18.7. The zero-order chi connectivity index (χ0) is 19.8. The van der Waals surface area contributed by atoms with E-state index in [4.69, 9.17) is 0 Å². The number of nitrogens with zero attached hydrogens (tertiary/aromatic N) is 2. The Morgan fingerprint density at radius 3 is 2.07 bits per heavy atom. The first-order valence-electron chi connectivity index (χ1n) is 11.5. The molecule has 0 spiro atoms. The lowest BCUT2D eigenvalue weighted by Gasteiger charge is -2.16. The van der Waals surface area contributed by atoms with E-state index in [0.717, 1.165) is 0 Å². The molecule has 29 heavy (non-hydrogen) atoms. The third-order valence-electron chi connectivity index (χ3n) is 7.21. The number of rotatable bonds is 4. The quantitative estimate of drug-likeness (QED) is 0.436. The Morgan fingerprint density at radius 1 is 0.759 bits per heavy atom. The lowest BCUT2D eigenvalue weighted by atomic mass is 10.0. The van der Waals surface area contributed by atoms with Gasteiger partial charge in [0.05, 0.1) is 5.92 Å². The van der Waals surface area contributed by atoms with Crippen molar-refractivity contribution in [1.82, 2.24) is 4.57 Å². The second-order valence-corrected chi connectivity index (χ2v) is 9.07. The van der Waals surface area contributed by atoms with Crippen LogP contribution in [0.15, 0.2) is 54.6 Å². The van der Waals surface area contributed by atoms with Crippen molar-refractivity contribution in [3.63, 3.8) is 0 Å². The molecule has 0 N–H and O–H groups in total. The van der Waals surface area contributed by atoms with Crippen LogP contribution >= 0.6 is 0 Å². The monoisotopic (exact) mass is 385 g/mol. The summed E-state index contributed by atoms with van der Waals surface area (Å²) in [4.78, 5) is 0. The van der Waals surface area contributed by atoms with Crippen LogP contribution in [0.2, 0.25) is 0 Å². The van der Waals surface area contributed by atoms with E-state index in [1.54, 1.807) is 5.82 Å². The molecule has 2 aromatic carbocycles. The van der Waals surface area contributed by atoms with Crippen LogP contribution in [0.25, 0.3) is 16.9 Å². The van der Waals surface area contributed by atoms with Gasteiger partial charge in [-0.2, -0.15) is 4.57 Å². The molecule has 2 fully saturated rings. The molecular weight excluding hydrogens is 352 g/mol. The predicted molar refractivity (Wildman–Crippen MR) is 120 cm³/mol. The van der Waals surface area contributed by atoms with Crippen LogP contribution in [0, 0.1) is 13.8 Å². The lowest BCUT2D eigenvalue weighted by Crippen LogP contribution is -2.44. The summed E-state index contributed by atoms with van der Waals surface area (Å²) >= 11 is 0. The molecule has 1 heterocycles. The highest BCUT2D eigenvalue weighted by molar-refractivity contribution is 5.61. The van der Waals surface area contributed by atoms with Gasteiger partial charge in [-0.15, -0.1) is 0 Å². The smallest absolute Gasteiger partial charge is 0.224 e. The highest BCUT2D eigenvalue weighted by Crippen LogP contribution is 2.40. The van der Waals surface area contributed by atoms with E-state index in [-0.39, 0.29) is 0 Å². The predicted octanol–water partition coefficient (Wildman–Crippen LogP) is 6.82. The van der Waals surface area contributed by atoms with Crippen LogP contribution < -0.4 is 4.57 Å². The van der Waals surface area contributed by atoms with E-state index in [1.165, 1.54) is 79.6 Å². The highest BCUT2D eigenvalue weighted by atomic mass is 15.2. The summed E-state index contributed by atoms with van der Waals surface area (Å²) in [5, 5.41) is 0. The molecular formula is C27H33N2+. The SMILES string of the molecule is Cc1ccccc1-n1c(C)c(-c2ccccc2)[n+](C2CCCC2)c1C1CCCC1. The van der Waals surface area contributed by atoms with Crippen molar-refractivity contribution < 1.29 is 4.57 Å². The molecule has 2 aliphatic rings. The number of aryl methyl sites for hydroxylation is 1. The molecule has 2 aliphatic carbocycles. The van der Waals surface area contributed by atoms with Crippen LogP contribution in [0.4, 0.5) is 0 Å². The zero-order valence-electron chi connectivity index (χ0n) is 17.9. The van der Waals surface area contributed by atoms with Gasteiger partial charge < -0.3 is 0 Å². The minimum Gasteiger partial charge on any atom is -0.224 e. The summed E-state index contributed by atoms with van der Waals surface area (Å²) in [6.07, 6.45) is 10.8. The maximum atomic E-state index is 2.79. The second-order valence-electron chi connectivity index (χ2n) is 9.07. The summed E-state index contributed by atoms with van der Waals surface area (Å²) in [7, 11) is 0. The Morgan fingerprint density at radius 2 is 1.38 bits per heavy atom. The first-order chi connectivity index (χ1) is 14.3. The standard InChI is InChI=1S/C27H33N2/c1-20-12-6-11-19-25(20)28-21(2)26(22-13-4-3-5-14-22)29(24-17-9-10-18-24)27(28)23-15-7-8-16-23/h3-6,11-14,19,23-24H,7-10,15-18H2,1-2H3/q+1. The topological polar surface area (TPSA) is 8.81 Å². The molecule has 0 radical (unpaired) electrons. The molecule has 0 bridgehead atoms. The zero-order valence-corrected chi connectivity index (χ0v) is 17.9. The lowest BCUT2D eigenvalue weighted by molar-refractivity contribution is -0.719. The van der Waals surface area contributed by atoms with Crippen LogP contribution in [0.5, 0.6) is 0 Å². The largest absolute Gasteiger partial charge is 0.265 e. The van der Waals surface area contributed by atoms with Crippen molar-refractivity contribution in [3.05, 3.63) is 71.7 Å². The molecule has 150 valence electrons. The van der Waals surface area contributed by atoms with Crippen molar-refractivity contribution in [2.24, 2.45) is 0 Å². The van der Waals surface area contributed by atoms with Crippen molar-refractivity contribution >= 4 is 0 Å². The fourth-order valence-corrected chi connectivity index (χ4v) is 5.83. The molecule has 0 atom stereocenters. The minimum atomic E-state index is 0.643. The van der Waals surface area contributed by atoms with Gasteiger partial charge in [0, 0.05) is 12.5 Å². The van der Waals surface area contributed by atoms with Gasteiger partial charge >= 0.3 is 0 Å². The average Bonchev–Trinajstić information content (AvgIpc) is 3.49. The third kappa shape index (κ3) is 3.23. The number of hydrogen-bond acceptors (Lipinski definition) is 0. The number of benzene rings is 2. The van der Waals surface area contributed by atoms with Gasteiger partial charge in [-0.1, -0.05) is 61.4 Å². The van der Waals surface area contributed by atoms with Crippen molar-refractivity contribution in [2.45, 2.75) is 77.2 Å². The molecule has 0 aliphatic heterocycles. The van der Waals surface area contributed by atoms with Gasteiger partial charge in [0.25, 0.3) is 5.82 Å². The van der Waals surface area contributed by atoms with Gasteiger partial charge in [-0.3, -0.25) is 0 Å². The fourth-order valence-electron chi connectivity index (χ4n) is 5.83. The molecule has 3 aromatic rings. The first-order valence-corrected chi connectivity index (χ1v) is 11.5. The number of para-hydroxylation sites is 1. The van der Waals surface area contributed by atoms with Gasteiger partial charge in [0.1, 0.15) is 11.7 Å². The van der Waals surface area contributed by atoms with Crippen molar-refractivity contribution in [1.29, 1.82) is 0 Å². The summed E-state index contributed by atoms with van der Waals surface area (Å²) in [5.41, 5.74) is 6.94. The second kappa shape index (κ2) is 7.82. The normalized spacial score (nSPS) is 18.0. The van der Waals surface area contributed by atoms with E-state index in [9.17, 15) is 0 Å². The van der Waals surface area contributed by atoms with Crippen LogP contribution in [-0.2, 0) is 0 Å². The summed E-state index contributed by atoms with van der Waals surface area (Å²) in [6.45, 7) is 4.61. The molecule has 0 amide bonds. The number of imidazole rings is 1. The average molecular weight is 386 g/mol. The highest BCUT2D eigenvalue weighted by Gasteiger charge is 2.40. The van der Waals surface area contributed by atoms with Gasteiger partial charge in [-0.25, -0.2) is 4.57 Å². The molecule has 2 saturated carbocycles. The van der Waals surface area contributed by atoms with E-state index >= 15 is 0 Å². The third-order valence-corrected chi connectivity index (χ3v) is 7.21. The molecule has 0 unspecified atom stereocenters. The Balaban J connectivity index is 1.83. The summed E-state index contributed by atoms with van der Waals surface area (Å²) in [6, 6.07) is 20.7. The Kier molecular flexibility index (Phi) is 5.03. The van der Waals surface area contributed by atoms with Crippen LogP contribution in [0.3, 0.4) is 0 Å². The Labute approximate surface area is 175 Å². The van der Waals surface area contributed by atoms with Crippen LogP contribution in [-0.4, -0.2) is 4.57 Å². The van der Waals surface area contributed by atoms with Crippen molar-refractivity contribution in [2.75, 3.05) is 0 Å². The molecule has 2 heteroatoms. The maximum absolute atomic E-state index is 2.79. The number of hydrogen-bond donors (Lipinski definition) is 0. The molecule has 2 nitrogen and oxygen atoms in total. The Bertz CT molecular complexity index is 987. The van der Waals surface area contributed by atoms with Crippen molar-refractivity contribution in [3.8, 4) is 16.9 Å². The molecule has 1 aromatic heterocycles. The van der Waals surface area contributed by atoms with E-state index in [2.05, 4.69) is 77.6 Å². The van der Waals surface area contributed by atoms with Gasteiger partial charge in [0.15, 0.2) is 11.4 Å². The van der Waals surface area contributed by atoms with E-state index in [1.807, 2.05) is 0 Å². The maximum Gasteiger partial charge on any atom is 0.265 e. The molecule has 0 saturated heterocycles. The number of aromatic nitrogens is 2. The summed E-state index contributed by atoms with van der Waals surface area (Å²) < 4.78 is 5.42. The summed E-state index contributed by atoms with van der Waals surface area (Å²) in [5.74, 6) is 2.24. The van der Waals surface area contributed by atoms with E-state index in [0.29, 0.717) is 12.0 Å². The molecule has 5 rings (SSSR count). The fraction of sp³-hybridized carbons (Fsp3) is 0.444. The van der Waals surface area contributed by atoms with E-state index < -0.39 is 0 Å². The van der Waals surface area contributed by atoms with Crippen LogP contribution in [0.1, 0.15) is 80.4 Å². The minimum absolute atomic E-state index is 0.643. The van der Waals surface area contributed by atoms with Gasteiger partial charge in [0.2, 0.25) is 0 Å². The van der Waals surface area contributed by atoms with Gasteiger partial charge in [-0.05, 0) is 57.1 Å². The Hall–Kier alpha value is -2.35.